The topological polar surface area (TPSA) is 77.8 Å². The molecule has 0 fully saturated rings. The Bertz CT molecular complexity index is 601. The molecule has 0 saturated heterocycles. The number of nitrogens with one attached hydrogen (secondary N) is 1. The number of benzene rings is 1. The van der Waals surface area contributed by atoms with Crippen molar-refractivity contribution in [3.8, 4) is 0 Å². The number of carbonyl (C=O) groups excluding carboxylic acids is 2. The summed E-state index contributed by atoms with van der Waals surface area (Å²) >= 11 is 0. The van der Waals surface area contributed by atoms with Crippen LogP contribution in [0.15, 0.2) is 34.7 Å². The van der Waals surface area contributed by atoms with E-state index in [-0.39, 0.29) is 13.2 Å². The van der Waals surface area contributed by atoms with Gasteiger partial charge in [0, 0.05) is 5.39 Å². The lowest BCUT2D eigenvalue weighted by Gasteiger charge is -2.14. The van der Waals surface area contributed by atoms with Crippen LogP contribution in [0.25, 0.3) is 11.0 Å². The Hall–Kier alpha value is -2.50. The number of rotatable bonds is 5. The summed E-state index contributed by atoms with van der Waals surface area (Å²) in [6.45, 7) is 3.79. The number of fused-ring (bicyclic) bond motifs is 1. The maximum absolute atomic E-state index is 12.0. The van der Waals surface area contributed by atoms with Gasteiger partial charge in [-0.25, -0.2) is 9.59 Å². The van der Waals surface area contributed by atoms with Gasteiger partial charge in [-0.15, -0.1) is 0 Å². The molecule has 1 atom stereocenters. The fourth-order valence-corrected chi connectivity index (χ4v) is 1.91. The van der Waals surface area contributed by atoms with E-state index in [1.807, 2.05) is 18.2 Å². The largest absolute Gasteiger partial charge is 0.464 e. The SMILES string of the molecule is CCOC(=O)NC(C(=O)OCC)c1cc2ccccc2o1. The molecule has 0 aliphatic carbocycles. The zero-order valence-corrected chi connectivity index (χ0v) is 11.9. The van der Waals surface area contributed by atoms with Gasteiger partial charge >= 0.3 is 12.1 Å². The molecule has 1 N–H and O–H groups in total. The van der Waals surface area contributed by atoms with Gasteiger partial charge in [0.25, 0.3) is 0 Å². The van der Waals surface area contributed by atoms with Crippen LogP contribution < -0.4 is 5.32 Å². The van der Waals surface area contributed by atoms with Crippen LogP contribution >= 0.6 is 0 Å². The first-order valence-electron chi connectivity index (χ1n) is 6.74. The maximum Gasteiger partial charge on any atom is 0.408 e. The van der Waals surface area contributed by atoms with Crippen LogP contribution in [0, 0.1) is 0 Å². The first-order valence-corrected chi connectivity index (χ1v) is 6.74. The van der Waals surface area contributed by atoms with Crippen molar-refractivity contribution in [1.29, 1.82) is 0 Å². The van der Waals surface area contributed by atoms with E-state index < -0.39 is 18.1 Å². The normalized spacial score (nSPS) is 11.9. The van der Waals surface area contributed by atoms with Crippen molar-refractivity contribution in [1.82, 2.24) is 5.32 Å². The monoisotopic (exact) mass is 291 g/mol. The van der Waals surface area contributed by atoms with Crippen LogP contribution in [-0.2, 0) is 14.3 Å². The van der Waals surface area contributed by atoms with E-state index in [9.17, 15) is 9.59 Å². The van der Waals surface area contributed by atoms with E-state index in [2.05, 4.69) is 5.32 Å². The third-order valence-electron chi connectivity index (χ3n) is 2.79. The minimum atomic E-state index is -1.03. The molecule has 112 valence electrons. The molecule has 1 aromatic heterocycles. The molecule has 0 saturated carbocycles. The zero-order valence-electron chi connectivity index (χ0n) is 11.9. The maximum atomic E-state index is 12.0. The summed E-state index contributed by atoms with van der Waals surface area (Å²) in [5, 5.41) is 3.29. The number of amides is 1. The predicted octanol–water partition coefficient (Wildman–Crippen LogP) is 2.78. The van der Waals surface area contributed by atoms with Gasteiger partial charge in [0.1, 0.15) is 11.3 Å². The number of para-hydroxylation sites is 1. The van der Waals surface area contributed by atoms with E-state index in [4.69, 9.17) is 13.9 Å². The van der Waals surface area contributed by atoms with Crippen molar-refractivity contribution in [2.75, 3.05) is 13.2 Å². The quantitative estimate of drug-likeness (QED) is 0.857. The van der Waals surface area contributed by atoms with E-state index >= 15 is 0 Å². The molecule has 0 bridgehead atoms. The molecule has 0 aliphatic rings. The highest BCUT2D eigenvalue weighted by Crippen LogP contribution is 2.24. The molecule has 1 heterocycles. The number of furan rings is 1. The highest BCUT2D eigenvalue weighted by molar-refractivity contribution is 5.85. The molecule has 2 rings (SSSR count). The van der Waals surface area contributed by atoms with Crippen molar-refractivity contribution in [2.24, 2.45) is 0 Å². The summed E-state index contributed by atoms with van der Waals surface area (Å²) in [7, 11) is 0. The summed E-state index contributed by atoms with van der Waals surface area (Å²) in [5.74, 6) is -0.285. The number of esters is 1. The van der Waals surface area contributed by atoms with E-state index in [1.165, 1.54) is 0 Å². The highest BCUT2D eigenvalue weighted by atomic mass is 16.6. The van der Waals surface area contributed by atoms with Crippen LogP contribution in [0.1, 0.15) is 25.6 Å². The zero-order chi connectivity index (χ0) is 15.2. The molecule has 1 amide bonds. The van der Waals surface area contributed by atoms with Crippen LogP contribution in [0.5, 0.6) is 0 Å². The number of ether oxygens (including phenoxy) is 2. The Morgan fingerprint density at radius 3 is 2.57 bits per heavy atom. The molecule has 0 radical (unpaired) electrons. The first-order chi connectivity index (χ1) is 10.2. The molecule has 1 unspecified atom stereocenters. The van der Waals surface area contributed by atoms with Gasteiger partial charge in [-0.05, 0) is 26.0 Å². The molecule has 1 aromatic carbocycles. The molecule has 6 nitrogen and oxygen atoms in total. The molecule has 0 spiro atoms. The summed E-state index contributed by atoms with van der Waals surface area (Å²) < 4.78 is 15.4. The minimum Gasteiger partial charge on any atom is -0.464 e. The van der Waals surface area contributed by atoms with Crippen LogP contribution in [0.4, 0.5) is 4.79 Å². The minimum absolute atomic E-state index is 0.208. The Morgan fingerprint density at radius 1 is 1.19 bits per heavy atom. The van der Waals surface area contributed by atoms with Gasteiger partial charge in [0.15, 0.2) is 6.04 Å². The van der Waals surface area contributed by atoms with Crippen molar-refractivity contribution >= 4 is 23.0 Å². The fourth-order valence-electron chi connectivity index (χ4n) is 1.91. The lowest BCUT2D eigenvalue weighted by molar-refractivity contribution is -0.146. The number of hydrogen-bond donors (Lipinski definition) is 1. The van der Waals surface area contributed by atoms with Crippen LogP contribution in [-0.4, -0.2) is 25.3 Å². The van der Waals surface area contributed by atoms with Crippen molar-refractivity contribution in [3.05, 3.63) is 36.1 Å². The lowest BCUT2D eigenvalue weighted by Crippen LogP contribution is -2.35. The van der Waals surface area contributed by atoms with Crippen LogP contribution in [0.2, 0.25) is 0 Å². The average molecular weight is 291 g/mol. The lowest BCUT2D eigenvalue weighted by atomic mass is 10.2. The van der Waals surface area contributed by atoms with Gasteiger partial charge in [-0.1, -0.05) is 18.2 Å². The molecule has 21 heavy (non-hydrogen) atoms. The second-order valence-electron chi connectivity index (χ2n) is 4.24. The van der Waals surface area contributed by atoms with Gasteiger partial charge in [0.2, 0.25) is 0 Å². The molecule has 0 aliphatic heterocycles. The smallest absolute Gasteiger partial charge is 0.408 e. The predicted molar refractivity (Wildman–Crippen MR) is 75.7 cm³/mol. The van der Waals surface area contributed by atoms with Gasteiger partial charge in [0.05, 0.1) is 13.2 Å². The van der Waals surface area contributed by atoms with E-state index in [0.29, 0.717) is 11.3 Å². The third kappa shape index (κ3) is 3.53. The molecule has 2 aromatic rings. The van der Waals surface area contributed by atoms with Crippen molar-refractivity contribution in [3.63, 3.8) is 0 Å². The van der Waals surface area contributed by atoms with Gasteiger partial charge in [-0.2, -0.15) is 0 Å². The van der Waals surface area contributed by atoms with Crippen molar-refractivity contribution < 1.29 is 23.5 Å². The highest BCUT2D eigenvalue weighted by Gasteiger charge is 2.28. The Kier molecular flexibility index (Phi) is 4.81. The second kappa shape index (κ2) is 6.78. The Balaban J connectivity index is 2.28. The molecule has 6 heteroatoms. The number of hydrogen-bond acceptors (Lipinski definition) is 5. The Morgan fingerprint density at radius 2 is 1.90 bits per heavy atom. The number of carbonyl (C=O) groups is 2. The summed E-state index contributed by atoms with van der Waals surface area (Å²) in [5.41, 5.74) is 0.632. The fraction of sp³-hybridized carbons (Fsp3) is 0.333. The Labute approximate surface area is 122 Å². The van der Waals surface area contributed by atoms with Gasteiger partial charge < -0.3 is 19.2 Å². The van der Waals surface area contributed by atoms with E-state index in [1.54, 1.807) is 26.0 Å². The number of alkyl carbamates (subject to hydrolysis) is 1. The van der Waals surface area contributed by atoms with Crippen LogP contribution in [0.3, 0.4) is 0 Å². The van der Waals surface area contributed by atoms with Gasteiger partial charge in [-0.3, -0.25) is 0 Å². The molecular formula is C15H17NO5. The van der Waals surface area contributed by atoms with E-state index in [0.717, 1.165) is 5.39 Å². The summed E-state index contributed by atoms with van der Waals surface area (Å²) in [4.78, 5) is 23.6. The molecular weight excluding hydrogens is 274 g/mol. The van der Waals surface area contributed by atoms with Crippen molar-refractivity contribution in [2.45, 2.75) is 19.9 Å². The first kappa shape index (κ1) is 14.9. The second-order valence-corrected chi connectivity index (χ2v) is 4.24. The summed E-state index contributed by atoms with van der Waals surface area (Å²) in [6.07, 6.45) is -0.698. The standard InChI is InChI=1S/C15H17NO5/c1-3-19-14(17)13(16-15(18)20-4-2)12-9-10-7-5-6-8-11(10)21-12/h5-9,13H,3-4H2,1-2H3,(H,16,18). The third-order valence-corrected chi connectivity index (χ3v) is 2.79. The summed E-state index contributed by atoms with van der Waals surface area (Å²) in [6, 6.07) is 7.99. The average Bonchev–Trinajstić information content (AvgIpc) is 2.88.